The third kappa shape index (κ3) is 3.86. The summed E-state index contributed by atoms with van der Waals surface area (Å²) in [6, 6.07) is 7.39. The van der Waals surface area contributed by atoms with Gasteiger partial charge in [-0.2, -0.15) is 0 Å². The van der Waals surface area contributed by atoms with Gasteiger partial charge >= 0.3 is 5.97 Å². The van der Waals surface area contributed by atoms with Crippen molar-refractivity contribution in [3.63, 3.8) is 0 Å². The van der Waals surface area contributed by atoms with E-state index in [1.807, 2.05) is 12.1 Å². The largest absolute Gasteiger partial charge is 0.465 e. The second-order valence-corrected chi connectivity index (χ2v) is 9.30. The summed E-state index contributed by atoms with van der Waals surface area (Å²) in [4.78, 5) is 34.0. The summed E-state index contributed by atoms with van der Waals surface area (Å²) >= 11 is 3.37. The van der Waals surface area contributed by atoms with Crippen LogP contribution in [-0.2, 0) is 29.1 Å². The fourth-order valence-corrected chi connectivity index (χ4v) is 5.84. The Morgan fingerprint density at radius 2 is 2.11 bits per heavy atom. The Kier molecular flexibility index (Phi) is 5.55. The van der Waals surface area contributed by atoms with E-state index in [1.54, 1.807) is 35.2 Å². The summed E-state index contributed by atoms with van der Waals surface area (Å²) in [7, 11) is 1.38. The number of aryl methyl sites for hydroxylation is 1. The molecule has 7 heteroatoms. The van der Waals surface area contributed by atoms with Gasteiger partial charge in [0.15, 0.2) is 0 Å². The van der Waals surface area contributed by atoms with Crippen molar-refractivity contribution in [2.24, 2.45) is 5.92 Å². The predicted molar refractivity (Wildman–Crippen MR) is 114 cm³/mol. The van der Waals surface area contributed by atoms with Crippen LogP contribution in [0.1, 0.15) is 45.5 Å². The summed E-state index contributed by atoms with van der Waals surface area (Å²) in [6.45, 7) is 2.27. The summed E-state index contributed by atoms with van der Waals surface area (Å²) in [5.74, 6) is 2.49. The van der Waals surface area contributed by atoms with Crippen molar-refractivity contribution < 1.29 is 9.53 Å². The first-order chi connectivity index (χ1) is 13.5. The molecule has 146 valence electrons. The highest BCUT2D eigenvalue weighted by molar-refractivity contribution is 7.97. The van der Waals surface area contributed by atoms with Crippen molar-refractivity contribution in [1.82, 2.24) is 9.97 Å². The van der Waals surface area contributed by atoms with Crippen molar-refractivity contribution in [3.05, 3.63) is 62.0 Å². The molecule has 0 saturated heterocycles. The Morgan fingerprint density at radius 1 is 1.32 bits per heavy atom. The van der Waals surface area contributed by atoms with Crippen LogP contribution in [0.5, 0.6) is 0 Å². The van der Waals surface area contributed by atoms with E-state index in [0.29, 0.717) is 17.2 Å². The SMILES string of the molecule is COC(=O)c1ccc(CSCc2nc3sc4c(c3c(=O)[nH]2)CC[C@H](C)C4)cc1. The minimum absolute atomic E-state index is 0.00455. The lowest BCUT2D eigenvalue weighted by atomic mass is 9.89. The molecule has 1 aliphatic carbocycles. The second kappa shape index (κ2) is 8.09. The van der Waals surface area contributed by atoms with Crippen LogP contribution in [0.25, 0.3) is 10.2 Å². The summed E-state index contributed by atoms with van der Waals surface area (Å²) in [5.41, 5.74) is 2.87. The van der Waals surface area contributed by atoms with E-state index < -0.39 is 0 Å². The van der Waals surface area contributed by atoms with Crippen LogP contribution >= 0.6 is 23.1 Å². The second-order valence-electron chi connectivity index (χ2n) is 7.23. The van der Waals surface area contributed by atoms with E-state index in [2.05, 4.69) is 11.9 Å². The first-order valence-corrected chi connectivity index (χ1v) is 11.3. The predicted octanol–water partition coefficient (Wildman–Crippen LogP) is 4.33. The number of rotatable bonds is 5. The maximum atomic E-state index is 12.6. The third-order valence-corrected chi connectivity index (χ3v) is 7.26. The molecule has 0 unspecified atom stereocenters. The quantitative estimate of drug-likeness (QED) is 0.629. The number of thiophene rings is 1. The number of carbonyl (C=O) groups excluding carboxylic acids is 1. The van der Waals surface area contributed by atoms with E-state index in [9.17, 15) is 9.59 Å². The van der Waals surface area contributed by atoms with Gasteiger partial charge in [0.1, 0.15) is 10.7 Å². The number of carbonyl (C=O) groups is 1. The maximum absolute atomic E-state index is 12.6. The molecule has 0 spiro atoms. The van der Waals surface area contributed by atoms with Crippen molar-refractivity contribution in [2.75, 3.05) is 7.11 Å². The molecule has 1 aromatic carbocycles. The van der Waals surface area contributed by atoms with E-state index >= 15 is 0 Å². The summed E-state index contributed by atoms with van der Waals surface area (Å²) in [6.07, 6.45) is 3.18. The van der Waals surface area contributed by atoms with Crippen LogP contribution in [-0.4, -0.2) is 23.0 Å². The fourth-order valence-electron chi connectivity index (χ4n) is 3.58. The lowest BCUT2D eigenvalue weighted by Gasteiger charge is -2.17. The van der Waals surface area contributed by atoms with Crippen LogP contribution < -0.4 is 5.56 Å². The highest BCUT2D eigenvalue weighted by atomic mass is 32.2. The summed E-state index contributed by atoms with van der Waals surface area (Å²) < 4.78 is 4.71. The van der Waals surface area contributed by atoms with Crippen molar-refractivity contribution >= 4 is 39.3 Å². The number of nitrogens with one attached hydrogen (secondary N) is 1. The zero-order chi connectivity index (χ0) is 19.7. The molecule has 1 aliphatic rings. The number of H-pyrrole nitrogens is 1. The Labute approximate surface area is 171 Å². The highest BCUT2D eigenvalue weighted by Gasteiger charge is 2.22. The molecule has 0 aliphatic heterocycles. The van der Waals surface area contributed by atoms with Crippen molar-refractivity contribution in [1.29, 1.82) is 0 Å². The average Bonchev–Trinajstić information content (AvgIpc) is 3.05. The van der Waals surface area contributed by atoms with Crippen LogP contribution in [0, 0.1) is 5.92 Å². The van der Waals surface area contributed by atoms with Gasteiger partial charge in [-0.1, -0.05) is 19.1 Å². The number of hydrogen-bond acceptors (Lipinski definition) is 6. The monoisotopic (exact) mass is 414 g/mol. The number of benzene rings is 1. The van der Waals surface area contributed by atoms with Gasteiger partial charge in [-0.25, -0.2) is 9.78 Å². The van der Waals surface area contributed by atoms with Gasteiger partial charge in [-0.3, -0.25) is 4.79 Å². The first kappa shape index (κ1) is 19.2. The van der Waals surface area contributed by atoms with E-state index in [-0.39, 0.29) is 11.5 Å². The Bertz CT molecular complexity index is 1070. The lowest BCUT2D eigenvalue weighted by molar-refractivity contribution is 0.0600. The van der Waals surface area contributed by atoms with E-state index in [4.69, 9.17) is 9.72 Å². The molecule has 2 heterocycles. The van der Waals surface area contributed by atoms with Crippen LogP contribution in [0.15, 0.2) is 29.1 Å². The highest BCUT2D eigenvalue weighted by Crippen LogP contribution is 2.35. The molecule has 4 rings (SSSR count). The molecule has 1 N–H and O–H groups in total. The maximum Gasteiger partial charge on any atom is 0.337 e. The Morgan fingerprint density at radius 3 is 2.86 bits per heavy atom. The van der Waals surface area contributed by atoms with Crippen LogP contribution in [0.2, 0.25) is 0 Å². The van der Waals surface area contributed by atoms with Gasteiger partial charge in [-0.05, 0) is 48.4 Å². The van der Waals surface area contributed by atoms with Gasteiger partial charge < -0.3 is 9.72 Å². The third-order valence-electron chi connectivity index (χ3n) is 5.10. The van der Waals surface area contributed by atoms with Gasteiger partial charge in [0.05, 0.1) is 23.8 Å². The fraction of sp³-hybridized carbons (Fsp3) is 0.381. The molecule has 1 atom stereocenters. The summed E-state index contributed by atoms with van der Waals surface area (Å²) in [5, 5.41) is 0.805. The minimum atomic E-state index is -0.331. The van der Waals surface area contributed by atoms with Crippen LogP contribution in [0.4, 0.5) is 0 Å². The zero-order valence-corrected chi connectivity index (χ0v) is 17.5. The molecule has 3 aromatic rings. The van der Waals surface area contributed by atoms with Crippen molar-refractivity contribution in [3.8, 4) is 0 Å². The molecule has 0 saturated carbocycles. The Balaban J connectivity index is 1.45. The minimum Gasteiger partial charge on any atom is -0.465 e. The number of aromatic nitrogens is 2. The molecule has 28 heavy (non-hydrogen) atoms. The number of ether oxygens (including phenoxy) is 1. The van der Waals surface area contributed by atoms with E-state index in [0.717, 1.165) is 46.6 Å². The smallest absolute Gasteiger partial charge is 0.337 e. The average molecular weight is 415 g/mol. The number of fused-ring (bicyclic) bond motifs is 3. The topological polar surface area (TPSA) is 72.0 Å². The van der Waals surface area contributed by atoms with Gasteiger partial charge in [0, 0.05) is 10.6 Å². The molecule has 5 nitrogen and oxygen atoms in total. The molecular weight excluding hydrogens is 392 g/mol. The van der Waals surface area contributed by atoms with Gasteiger partial charge in [0.2, 0.25) is 0 Å². The number of nitrogens with zero attached hydrogens (tertiary/aromatic N) is 1. The number of methoxy groups -OCH3 is 1. The van der Waals surface area contributed by atoms with Gasteiger partial charge in [0.25, 0.3) is 5.56 Å². The van der Waals surface area contributed by atoms with Crippen LogP contribution in [0.3, 0.4) is 0 Å². The number of hydrogen-bond donors (Lipinski definition) is 1. The molecule has 0 radical (unpaired) electrons. The van der Waals surface area contributed by atoms with E-state index in [1.165, 1.54) is 17.6 Å². The van der Waals surface area contributed by atoms with Crippen molar-refractivity contribution in [2.45, 2.75) is 37.7 Å². The standard InChI is InChI=1S/C21H22N2O3S2/c1-12-3-8-15-16(9-12)28-20-18(15)19(24)22-17(23-20)11-27-10-13-4-6-14(7-5-13)21(25)26-2/h4-7,12H,3,8-11H2,1-2H3,(H,22,23,24)/t12-/m0/s1. The lowest BCUT2D eigenvalue weighted by Crippen LogP contribution is -2.14. The normalized spacial score (nSPS) is 16.1. The van der Waals surface area contributed by atoms with Gasteiger partial charge in [-0.15, -0.1) is 23.1 Å². The first-order valence-electron chi connectivity index (χ1n) is 9.33. The number of esters is 1. The molecular formula is C21H22N2O3S2. The molecule has 2 aromatic heterocycles. The molecule has 0 amide bonds. The number of thioether (sulfide) groups is 1. The molecule has 0 fully saturated rings. The zero-order valence-electron chi connectivity index (χ0n) is 15.9. The molecule has 0 bridgehead atoms. The number of aromatic amines is 1. The Hall–Kier alpha value is -2.12.